The van der Waals surface area contributed by atoms with Crippen molar-refractivity contribution in [3.63, 3.8) is 0 Å². The van der Waals surface area contributed by atoms with Gasteiger partial charge >= 0.3 is 0 Å². The molecule has 1 aliphatic rings. The van der Waals surface area contributed by atoms with Crippen molar-refractivity contribution >= 4 is 32.5 Å². The van der Waals surface area contributed by atoms with Crippen LogP contribution in [0.2, 0.25) is 0 Å². The molecule has 1 nitrogen and oxygen atoms in total. The van der Waals surface area contributed by atoms with Crippen LogP contribution in [0.5, 0.6) is 0 Å². The van der Waals surface area contributed by atoms with Crippen LogP contribution in [0.15, 0.2) is 40.9 Å². The highest BCUT2D eigenvalue weighted by molar-refractivity contribution is 9.10. The number of halogens is 1. The number of hydrogen-bond donors (Lipinski definition) is 0. The first-order valence-corrected chi connectivity index (χ1v) is 8.19. The summed E-state index contributed by atoms with van der Waals surface area (Å²) < 4.78 is 1.06. The summed E-state index contributed by atoms with van der Waals surface area (Å²) in [5.74, 6) is 0.348. The fourth-order valence-corrected chi connectivity index (χ4v) is 4.02. The topological polar surface area (TPSA) is 17.1 Å². The molecule has 3 rings (SSSR count). The third-order valence-corrected chi connectivity index (χ3v) is 5.53. The predicted molar refractivity (Wildman–Crippen MR) is 87.2 cm³/mol. The summed E-state index contributed by atoms with van der Waals surface area (Å²) in [6.45, 7) is 2.16. The van der Waals surface area contributed by atoms with Gasteiger partial charge in [0.05, 0.1) is 0 Å². The number of carbonyl (C=O) groups excluding carboxylic acids is 1. The van der Waals surface area contributed by atoms with E-state index >= 15 is 0 Å². The molecule has 0 atom stereocenters. The normalized spacial score (nSPS) is 17.5. The molecule has 0 spiro atoms. The molecule has 0 unspecified atom stereocenters. The minimum Gasteiger partial charge on any atom is -0.294 e. The maximum Gasteiger partial charge on any atom is 0.169 e. The summed E-state index contributed by atoms with van der Waals surface area (Å²) in [4.78, 5) is 13.1. The van der Waals surface area contributed by atoms with Crippen molar-refractivity contribution in [3.05, 3.63) is 46.4 Å². The number of fused-ring (bicyclic) bond motifs is 1. The van der Waals surface area contributed by atoms with Gasteiger partial charge in [-0.3, -0.25) is 4.79 Å². The predicted octanol–water partition coefficient (Wildman–Crippen LogP) is 5.76. The first-order chi connectivity index (χ1) is 9.68. The summed E-state index contributed by atoms with van der Waals surface area (Å²) in [5, 5.41) is 2.20. The van der Waals surface area contributed by atoms with Gasteiger partial charge in [-0.25, -0.2) is 0 Å². The number of benzene rings is 2. The van der Waals surface area contributed by atoms with Crippen LogP contribution in [0.4, 0.5) is 0 Å². The van der Waals surface area contributed by atoms with Gasteiger partial charge in [0.15, 0.2) is 5.78 Å². The Kier molecular flexibility index (Phi) is 3.68. The molecule has 0 amide bonds. The zero-order valence-electron chi connectivity index (χ0n) is 11.8. The van der Waals surface area contributed by atoms with E-state index in [-0.39, 0.29) is 5.41 Å². The third kappa shape index (κ3) is 2.10. The molecule has 20 heavy (non-hydrogen) atoms. The van der Waals surface area contributed by atoms with Crippen LogP contribution in [0.25, 0.3) is 10.8 Å². The maximum absolute atomic E-state index is 13.1. The van der Waals surface area contributed by atoms with Crippen molar-refractivity contribution in [2.24, 2.45) is 5.41 Å². The van der Waals surface area contributed by atoms with Crippen LogP contribution < -0.4 is 0 Å². The largest absolute Gasteiger partial charge is 0.294 e. The van der Waals surface area contributed by atoms with E-state index in [9.17, 15) is 4.79 Å². The average Bonchev–Trinajstić information content (AvgIpc) is 2.97. The molecule has 104 valence electrons. The monoisotopic (exact) mass is 330 g/mol. The van der Waals surface area contributed by atoms with Crippen LogP contribution in [-0.4, -0.2) is 5.78 Å². The van der Waals surface area contributed by atoms with Crippen molar-refractivity contribution in [2.75, 3.05) is 0 Å². The van der Waals surface area contributed by atoms with E-state index < -0.39 is 0 Å². The van der Waals surface area contributed by atoms with Gasteiger partial charge in [0, 0.05) is 15.5 Å². The number of hydrogen-bond acceptors (Lipinski definition) is 1. The van der Waals surface area contributed by atoms with Crippen molar-refractivity contribution in [1.29, 1.82) is 0 Å². The highest BCUT2D eigenvalue weighted by Gasteiger charge is 2.40. The van der Waals surface area contributed by atoms with Gasteiger partial charge in [0.1, 0.15) is 0 Å². The molecule has 0 bridgehead atoms. The van der Waals surface area contributed by atoms with Gasteiger partial charge in [-0.05, 0) is 42.2 Å². The zero-order chi connectivity index (χ0) is 14.2. The second-order valence-corrected chi connectivity index (χ2v) is 6.66. The van der Waals surface area contributed by atoms with Gasteiger partial charge in [-0.15, -0.1) is 0 Å². The van der Waals surface area contributed by atoms with Crippen molar-refractivity contribution in [3.8, 4) is 0 Å². The lowest BCUT2D eigenvalue weighted by atomic mass is 9.76. The molecule has 2 aromatic carbocycles. The standard InChI is InChI=1S/C18H19BrO/c1-2-18(11-5-6-12-18)17(20)15-9-10-16(19)14-8-4-3-7-13(14)15/h3-4,7-10H,2,5-6,11-12H2,1H3. The molecule has 1 saturated carbocycles. The molecule has 0 aromatic heterocycles. The minimum atomic E-state index is -0.114. The zero-order valence-corrected chi connectivity index (χ0v) is 13.4. The molecule has 1 fully saturated rings. The first-order valence-electron chi connectivity index (χ1n) is 7.40. The van der Waals surface area contributed by atoms with E-state index in [2.05, 4.69) is 35.0 Å². The van der Waals surface area contributed by atoms with E-state index in [0.717, 1.165) is 40.1 Å². The van der Waals surface area contributed by atoms with Crippen molar-refractivity contribution < 1.29 is 4.79 Å². The molecular formula is C18H19BrO. The van der Waals surface area contributed by atoms with Crippen LogP contribution in [-0.2, 0) is 0 Å². The van der Waals surface area contributed by atoms with E-state index in [0.29, 0.717) is 5.78 Å². The summed E-state index contributed by atoms with van der Waals surface area (Å²) in [7, 11) is 0. The first kappa shape index (κ1) is 13.8. The fourth-order valence-electron chi connectivity index (χ4n) is 3.54. The molecular weight excluding hydrogens is 312 g/mol. The van der Waals surface area contributed by atoms with Crippen LogP contribution in [0.3, 0.4) is 0 Å². The molecule has 0 N–H and O–H groups in total. The summed E-state index contributed by atoms with van der Waals surface area (Å²) >= 11 is 3.58. The van der Waals surface area contributed by atoms with Gasteiger partial charge in [-0.1, -0.05) is 60.0 Å². The van der Waals surface area contributed by atoms with E-state index in [4.69, 9.17) is 0 Å². The smallest absolute Gasteiger partial charge is 0.169 e. The summed E-state index contributed by atoms with van der Waals surface area (Å²) in [6, 6.07) is 12.2. The fraction of sp³-hybridized carbons (Fsp3) is 0.389. The van der Waals surface area contributed by atoms with Crippen LogP contribution in [0.1, 0.15) is 49.4 Å². The van der Waals surface area contributed by atoms with Gasteiger partial charge < -0.3 is 0 Å². The molecule has 0 saturated heterocycles. The number of ketones is 1. The number of Topliss-reactive ketones (excluding diaryl/α,β-unsaturated/α-hetero) is 1. The average molecular weight is 331 g/mol. The second-order valence-electron chi connectivity index (χ2n) is 5.81. The van der Waals surface area contributed by atoms with E-state index in [1.807, 2.05) is 24.3 Å². The SMILES string of the molecule is CCC1(C(=O)c2ccc(Br)c3ccccc23)CCCC1. The lowest BCUT2D eigenvalue weighted by Gasteiger charge is -2.26. The minimum absolute atomic E-state index is 0.114. The maximum atomic E-state index is 13.1. The number of rotatable bonds is 3. The molecule has 2 heteroatoms. The highest BCUT2D eigenvalue weighted by Crippen LogP contribution is 2.44. The van der Waals surface area contributed by atoms with Gasteiger partial charge in [-0.2, -0.15) is 0 Å². The van der Waals surface area contributed by atoms with Gasteiger partial charge in [0.25, 0.3) is 0 Å². The summed E-state index contributed by atoms with van der Waals surface area (Å²) in [6.07, 6.45) is 5.43. The summed E-state index contributed by atoms with van der Waals surface area (Å²) in [5.41, 5.74) is 0.781. The molecule has 2 aromatic rings. The van der Waals surface area contributed by atoms with Gasteiger partial charge in [0.2, 0.25) is 0 Å². The quantitative estimate of drug-likeness (QED) is 0.654. The Morgan fingerprint density at radius 1 is 1.10 bits per heavy atom. The Morgan fingerprint density at radius 2 is 1.75 bits per heavy atom. The molecule has 0 aliphatic heterocycles. The molecule has 0 radical (unpaired) electrons. The molecule has 0 heterocycles. The Hall–Kier alpha value is -1.15. The number of carbonyl (C=O) groups is 1. The second kappa shape index (κ2) is 5.33. The van der Waals surface area contributed by atoms with Crippen molar-refractivity contribution in [2.45, 2.75) is 39.0 Å². The highest BCUT2D eigenvalue weighted by atomic mass is 79.9. The Balaban J connectivity index is 2.15. The van der Waals surface area contributed by atoms with Crippen LogP contribution >= 0.6 is 15.9 Å². The Bertz CT molecular complexity index is 654. The van der Waals surface area contributed by atoms with Crippen molar-refractivity contribution in [1.82, 2.24) is 0 Å². The molecule has 1 aliphatic carbocycles. The Labute approximate surface area is 128 Å². The lowest BCUT2D eigenvalue weighted by molar-refractivity contribution is 0.0793. The van der Waals surface area contributed by atoms with Crippen LogP contribution in [0, 0.1) is 5.41 Å². The van der Waals surface area contributed by atoms with E-state index in [1.165, 1.54) is 12.8 Å². The Morgan fingerprint density at radius 3 is 2.40 bits per heavy atom. The van der Waals surface area contributed by atoms with E-state index in [1.54, 1.807) is 0 Å². The third-order valence-electron chi connectivity index (χ3n) is 4.83. The lowest BCUT2D eigenvalue weighted by Crippen LogP contribution is -2.27.